The van der Waals surface area contributed by atoms with E-state index in [1.54, 1.807) is 4.90 Å². The lowest BCUT2D eigenvalue weighted by atomic mass is 9.89. The van der Waals surface area contributed by atoms with E-state index in [4.69, 9.17) is 4.99 Å². The van der Waals surface area contributed by atoms with Crippen LogP contribution in [0.3, 0.4) is 0 Å². The van der Waals surface area contributed by atoms with E-state index in [9.17, 15) is 9.59 Å². The topological polar surface area (TPSA) is 49.7 Å². The molecule has 0 saturated carbocycles. The number of aliphatic imine (C=N–C) groups is 1. The standard InChI is InChI=1S/C27H24N2O2S/c30-24(21-16-15-19-9-7-8-10-20(19)17-21)18-25-26(31)29(23-13-5-2-6-14-23)27(32-25)28-22-11-3-1-4-12-22/h1-6,11-17,25H,7-10,18H2/t25-/m0/s1. The van der Waals surface area contributed by atoms with E-state index in [2.05, 4.69) is 6.07 Å². The number of amides is 1. The molecule has 3 aromatic rings. The highest BCUT2D eigenvalue weighted by Crippen LogP contribution is 2.36. The highest BCUT2D eigenvalue weighted by atomic mass is 32.2. The third-order valence-electron chi connectivity index (χ3n) is 5.97. The number of anilines is 1. The van der Waals surface area contributed by atoms with Crippen LogP contribution in [0, 0.1) is 0 Å². The summed E-state index contributed by atoms with van der Waals surface area (Å²) in [4.78, 5) is 32.9. The van der Waals surface area contributed by atoms with Gasteiger partial charge < -0.3 is 0 Å². The summed E-state index contributed by atoms with van der Waals surface area (Å²) >= 11 is 1.37. The fraction of sp³-hybridized carbons (Fsp3) is 0.222. The van der Waals surface area contributed by atoms with Crippen LogP contribution < -0.4 is 4.90 Å². The van der Waals surface area contributed by atoms with Gasteiger partial charge >= 0.3 is 0 Å². The van der Waals surface area contributed by atoms with Crippen LogP contribution in [0.5, 0.6) is 0 Å². The molecule has 2 aliphatic rings. The van der Waals surface area contributed by atoms with Gasteiger partial charge in [-0.05, 0) is 67.1 Å². The number of aryl methyl sites for hydroxylation is 2. The van der Waals surface area contributed by atoms with Gasteiger partial charge in [0.05, 0.1) is 16.6 Å². The zero-order chi connectivity index (χ0) is 21.9. The second-order valence-corrected chi connectivity index (χ2v) is 9.33. The Labute approximate surface area is 192 Å². The molecule has 1 saturated heterocycles. The minimum Gasteiger partial charge on any atom is -0.294 e. The summed E-state index contributed by atoms with van der Waals surface area (Å²) in [5.41, 5.74) is 4.89. The largest absolute Gasteiger partial charge is 0.294 e. The lowest BCUT2D eigenvalue weighted by Crippen LogP contribution is -2.32. The van der Waals surface area contributed by atoms with Crippen LogP contribution in [0.1, 0.15) is 40.7 Å². The minimum atomic E-state index is -0.485. The first-order chi connectivity index (χ1) is 15.7. The molecule has 0 aromatic heterocycles. The lowest BCUT2D eigenvalue weighted by Gasteiger charge is -2.17. The molecule has 0 radical (unpaired) electrons. The van der Waals surface area contributed by atoms with Crippen molar-refractivity contribution in [1.82, 2.24) is 0 Å². The number of amidine groups is 1. The van der Waals surface area contributed by atoms with Crippen molar-refractivity contribution in [3.05, 3.63) is 95.6 Å². The van der Waals surface area contributed by atoms with Crippen molar-refractivity contribution in [3.8, 4) is 0 Å². The normalized spacial score (nSPS) is 19.2. The van der Waals surface area contributed by atoms with E-state index < -0.39 is 5.25 Å². The maximum Gasteiger partial charge on any atom is 0.247 e. The number of ketones is 1. The maximum absolute atomic E-state index is 13.4. The molecule has 0 bridgehead atoms. The highest BCUT2D eigenvalue weighted by molar-refractivity contribution is 8.16. The predicted molar refractivity (Wildman–Crippen MR) is 131 cm³/mol. The van der Waals surface area contributed by atoms with Crippen molar-refractivity contribution in [3.63, 3.8) is 0 Å². The van der Waals surface area contributed by atoms with Gasteiger partial charge in [-0.15, -0.1) is 0 Å². The van der Waals surface area contributed by atoms with E-state index in [0.29, 0.717) is 10.7 Å². The SMILES string of the molecule is O=C(C[C@@H]1SC(=Nc2ccccc2)N(c2ccccc2)C1=O)c1ccc2c(c1)CCCC2. The third kappa shape index (κ3) is 4.26. The summed E-state index contributed by atoms with van der Waals surface area (Å²) in [6, 6.07) is 25.2. The molecule has 1 aliphatic heterocycles. The number of rotatable bonds is 5. The quantitative estimate of drug-likeness (QED) is 0.459. The van der Waals surface area contributed by atoms with Crippen LogP contribution in [0.15, 0.2) is 83.9 Å². The molecule has 4 nitrogen and oxygen atoms in total. The van der Waals surface area contributed by atoms with Crippen LogP contribution in [0.25, 0.3) is 0 Å². The zero-order valence-corrected chi connectivity index (χ0v) is 18.6. The number of hydrogen-bond acceptors (Lipinski definition) is 4. The van der Waals surface area contributed by atoms with Crippen LogP contribution in [0.2, 0.25) is 0 Å². The van der Waals surface area contributed by atoms with Crippen molar-refractivity contribution in [2.45, 2.75) is 37.4 Å². The predicted octanol–water partition coefficient (Wildman–Crippen LogP) is 5.97. The fourth-order valence-corrected chi connectivity index (χ4v) is 5.45. The molecule has 32 heavy (non-hydrogen) atoms. The molecule has 1 heterocycles. The number of fused-ring (bicyclic) bond motifs is 1. The third-order valence-corrected chi connectivity index (χ3v) is 7.11. The number of Topliss-reactive ketones (excluding diaryl/α,β-unsaturated/α-hetero) is 1. The van der Waals surface area contributed by atoms with Gasteiger partial charge in [-0.2, -0.15) is 0 Å². The molecule has 1 fully saturated rings. The number of thioether (sulfide) groups is 1. The average Bonchev–Trinajstić information content (AvgIpc) is 3.14. The Morgan fingerprint density at radius 3 is 2.34 bits per heavy atom. The van der Waals surface area contributed by atoms with E-state index in [1.165, 1.54) is 35.7 Å². The molecule has 1 aliphatic carbocycles. The zero-order valence-electron chi connectivity index (χ0n) is 17.7. The molecule has 1 amide bonds. The Morgan fingerprint density at radius 1 is 0.906 bits per heavy atom. The molecule has 1 atom stereocenters. The Morgan fingerprint density at radius 2 is 1.59 bits per heavy atom. The van der Waals surface area contributed by atoms with Crippen LogP contribution in [0.4, 0.5) is 11.4 Å². The number of carbonyl (C=O) groups excluding carboxylic acids is 2. The Hall–Kier alpha value is -3.18. The maximum atomic E-state index is 13.4. The summed E-state index contributed by atoms with van der Waals surface area (Å²) in [6.07, 6.45) is 4.67. The summed E-state index contributed by atoms with van der Waals surface area (Å²) in [7, 11) is 0. The molecule has 0 unspecified atom stereocenters. The first-order valence-corrected chi connectivity index (χ1v) is 11.9. The second-order valence-electron chi connectivity index (χ2n) is 8.16. The molecular weight excluding hydrogens is 416 g/mol. The molecule has 160 valence electrons. The monoisotopic (exact) mass is 440 g/mol. The van der Waals surface area contributed by atoms with Crippen molar-refractivity contribution in [1.29, 1.82) is 0 Å². The molecule has 5 rings (SSSR count). The van der Waals surface area contributed by atoms with E-state index in [1.807, 2.05) is 72.8 Å². The van der Waals surface area contributed by atoms with Crippen molar-refractivity contribution in [2.24, 2.45) is 4.99 Å². The number of hydrogen-bond donors (Lipinski definition) is 0. The van der Waals surface area contributed by atoms with E-state index in [-0.39, 0.29) is 18.1 Å². The number of benzene rings is 3. The van der Waals surface area contributed by atoms with Crippen LogP contribution >= 0.6 is 11.8 Å². The number of nitrogens with zero attached hydrogens (tertiary/aromatic N) is 2. The minimum absolute atomic E-state index is 0.0122. The highest BCUT2D eigenvalue weighted by Gasteiger charge is 2.40. The van der Waals surface area contributed by atoms with Crippen LogP contribution in [-0.4, -0.2) is 22.1 Å². The molecule has 3 aromatic carbocycles. The molecule has 5 heteroatoms. The van der Waals surface area contributed by atoms with Crippen molar-refractivity contribution >= 4 is 40.0 Å². The smallest absolute Gasteiger partial charge is 0.247 e. The van der Waals surface area contributed by atoms with Crippen LogP contribution in [-0.2, 0) is 17.6 Å². The summed E-state index contributed by atoms with van der Waals surface area (Å²) in [5.74, 6) is -0.0830. The summed E-state index contributed by atoms with van der Waals surface area (Å²) in [5, 5.41) is 0.122. The van der Waals surface area contributed by atoms with E-state index in [0.717, 1.165) is 24.2 Å². The van der Waals surface area contributed by atoms with Gasteiger partial charge in [0.15, 0.2) is 11.0 Å². The van der Waals surface area contributed by atoms with Gasteiger partial charge in [0.25, 0.3) is 0 Å². The Balaban J connectivity index is 1.41. The fourth-order valence-electron chi connectivity index (χ4n) is 4.29. The van der Waals surface area contributed by atoms with Gasteiger partial charge in [0, 0.05) is 12.0 Å². The molecular formula is C27H24N2O2S. The second kappa shape index (κ2) is 9.13. The van der Waals surface area contributed by atoms with Gasteiger partial charge in [0.2, 0.25) is 5.91 Å². The van der Waals surface area contributed by atoms with Gasteiger partial charge in [-0.25, -0.2) is 4.99 Å². The van der Waals surface area contributed by atoms with E-state index >= 15 is 0 Å². The lowest BCUT2D eigenvalue weighted by molar-refractivity contribution is -0.116. The summed E-state index contributed by atoms with van der Waals surface area (Å²) < 4.78 is 0. The van der Waals surface area contributed by atoms with Gasteiger partial charge in [-0.3, -0.25) is 14.5 Å². The molecule has 0 spiro atoms. The molecule has 0 N–H and O–H groups in total. The summed E-state index contributed by atoms with van der Waals surface area (Å²) in [6.45, 7) is 0. The first-order valence-electron chi connectivity index (χ1n) is 11.0. The first kappa shape index (κ1) is 20.7. The van der Waals surface area contributed by atoms with Crippen molar-refractivity contribution < 1.29 is 9.59 Å². The number of carbonyl (C=O) groups is 2. The average molecular weight is 441 g/mol. The number of para-hydroxylation sites is 2. The Kier molecular flexibility index (Phi) is 5.91. The van der Waals surface area contributed by atoms with Crippen molar-refractivity contribution in [2.75, 3.05) is 4.90 Å². The Bertz CT molecular complexity index is 1170. The van der Waals surface area contributed by atoms with Gasteiger partial charge in [-0.1, -0.05) is 60.3 Å². The van der Waals surface area contributed by atoms with Gasteiger partial charge in [0.1, 0.15) is 0 Å².